The molecule has 0 aliphatic heterocycles. The summed E-state index contributed by atoms with van der Waals surface area (Å²) >= 11 is 0. The van der Waals surface area contributed by atoms with Crippen molar-refractivity contribution in [2.75, 3.05) is 0 Å². The third kappa shape index (κ3) is 21.8. The highest BCUT2D eigenvalue weighted by atomic mass is 14.9. The molecule has 0 fully saturated rings. The Morgan fingerprint density at radius 3 is 0.860 bits per heavy atom. The van der Waals surface area contributed by atoms with Crippen LogP contribution in [0.1, 0.15) is 172 Å². The smallest absolute Gasteiger partial charge is 0.201 e. The van der Waals surface area contributed by atoms with Crippen LogP contribution in [-0.2, 0) is 41.7 Å². The number of rotatable bonds is 14. The van der Waals surface area contributed by atoms with Gasteiger partial charge >= 0.3 is 0 Å². The topological polar surface area (TPSA) is 19.4 Å². The van der Waals surface area contributed by atoms with E-state index in [1.165, 1.54) is 234 Å². The number of nitrogens with zero attached hydrogens (tertiary/aromatic N) is 5. The summed E-state index contributed by atoms with van der Waals surface area (Å²) in [5, 5.41) is 0. The highest BCUT2D eigenvalue weighted by Crippen LogP contribution is 2.43. The largest absolute Gasteiger partial charge is 0.213 e. The average Bonchev–Trinajstić information content (AvgIpc) is 0.780. The molecule has 0 amide bonds. The van der Waals surface area contributed by atoms with Crippen LogP contribution in [0, 0.1) is 123 Å². The lowest BCUT2D eigenvalue weighted by Crippen LogP contribution is -2.32. The second-order valence-electron chi connectivity index (χ2n) is 38.1. The Morgan fingerprint density at radius 1 is 0.233 bits per heavy atom. The Labute approximate surface area is 775 Å². The van der Waals surface area contributed by atoms with E-state index in [9.17, 15) is 0 Å². The molecule has 5 heteroatoms. The van der Waals surface area contributed by atoms with E-state index in [2.05, 4.69) is 522 Å². The van der Waals surface area contributed by atoms with Crippen LogP contribution >= 0.6 is 0 Å². The standard InChI is InChI=1S/C27H26N.C26H32N.C25H30N.C24H28N.C22H24N/c1-19-10-8-9-13-24(19)27-20(2)14-15-25(21(27)3)26-18-23(16-17-28(26)4)22-11-6-5-7-12-22;1-18-10-8-9-11-22(18)25-19(2)12-13-23(20(25)3)24-16-21(14-15-27(24)7)17-26(4,5)6;1-16(2)23-14-24(26(7)15-19(23)5)22-13-12-18(4)25(20(22)6)21-11-9-8-10-17(21)3;1-16(2)20-13-14-25(6)23(15-20)22-12-11-18(4)24(19(22)5)21-10-8-7-9-17(21)3;1-15-12-13-23(5)21(14-15)20-11-10-17(3)22(18(20)4)19-9-7-6-8-16(19)2/h5-18H,1-4H3;8-16H,17H2,1-7H3;8-16H,1-7H3;7-16H,1-6H3;6-14H,1-5H3/q5*+1. The SMILES string of the molecule is Cc1cc[n+](C)c(-c2ccc(C)c(-c3ccccc3C)c2C)c1.Cc1ccccc1-c1c(C)ccc(-c2cc(-c3ccccc3)cc[n+]2C)c1C.Cc1ccccc1-c1c(C)ccc(-c2cc(C(C)C)c(C)c[n+]2C)c1C.Cc1ccccc1-c1c(C)ccc(-c2cc(C(C)C)cc[n+]2C)c1C.Cc1ccccc1-c1c(C)ccc(-c2cc(CC(C)(C)C)cc[n+]2C)c1C. The summed E-state index contributed by atoms with van der Waals surface area (Å²) in [5.41, 5.74) is 56.0. The molecule has 0 unspecified atom stereocenters. The lowest BCUT2D eigenvalue weighted by molar-refractivity contribution is -0.660. The van der Waals surface area contributed by atoms with Crippen LogP contribution in [0.2, 0.25) is 0 Å². The molecule has 5 heterocycles. The third-order valence-electron chi connectivity index (χ3n) is 26.3. The Morgan fingerprint density at radius 2 is 0.527 bits per heavy atom. The quantitative estimate of drug-likeness (QED) is 0.0967. The molecule has 0 saturated heterocycles. The maximum absolute atomic E-state index is 2.37. The second kappa shape index (κ2) is 41.5. The molecule has 16 aromatic rings. The van der Waals surface area contributed by atoms with E-state index in [0.29, 0.717) is 11.8 Å². The van der Waals surface area contributed by atoms with Gasteiger partial charge in [0.2, 0.25) is 28.5 Å². The molecule has 16 rings (SSSR count). The zero-order valence-electron chi connectivity index (χ0n) is 82.9. The van der Waals surface area contributed by atoms with Crippen LogP contribution in [0.15, 0.2) is 298 Å². The van der Waals surface area contributed by atoms with E-state index in [0.717, 1.165) is 6.42 Å². The highest BCUT2D eigenvalue weighted by Gasteiger charge is 2.27. The van der Waals surface area contributed by atoms with Crippen LogP contribution in [0.3, 0.4) is 0 Å². The van der Waals surface area contributed by atoms with Crippen LogP contribution in [0.5, 0.6) is 0 Å². The van der Waals surface area contributed by atoms with Crippen LogP contribution in [0.4, 0.5) is 0 Å². The minimum absolute atomic E-state index is 0.284. The van der Waals surface area contributed by atoms with Crippen LogP contribution < -0.4 is 22.8 Å². The van der Waals surface area contributed by atoms with Crippen LogP contribution in [0.25, 0.3) is 123 Å². The minimum Gasteiger partial charge on any atom is -0.201 e. The first-order valence-electron chi connectivity index (χ1n) is 46.3. The molecule has 0 bridgehead atoms. The van der Waals surface area contributed by atoms with E-state index in [4.69, 9.17) is 0 Å². The van der Waals surface area contributed by atoms with Crippen molar-refractivity contribution >= 4 is 0 Å². The fourth-order valence-corrected chi connectivity index (χ4v) is 19.1. The molecule has 5 aromatic heterocycles. The zero-order chi connectivity index (χ0) is 93.1. The summed E-state index contributed by atoms with van der Waals surface area (Å²) < 4.78 is 11.1. The molecular weight excluding hydrogens is 1560 g/mol. The number of hydrogen-bond donors (Lipinski definition) is 0. The van der Waals surface area contributed by atoms with Gasteiger partial charge in [0.15, 0.2) is 31.0 Å². The molecule has 0 N–H and O–H groups in total. The molecule has 0 aliphatic carbocycles. The van der Waals surface area contributed by atoms with Gasteiger partial charge in [0.05, 0.1) is 0 Å². The number of aryl methyl sites for hydroxylation is 17. The molecular formula is C124H140N5+5. The molecule has 129 heavy (non-hydrogen) atoms. The zero-order valence-corrected chi connectivity index (χ0v) is 82.9. The minimum atomic E-state index is 0.284. The first-order valence-corrected chi connectivity index (χ1v) is 46.3. The lowest BCUT2D eigenvalue weighted by atomic mass is 9.86. The summed E-state index contributed by atoms with van der Waals surface area (Å²) in [6.07, 6.45) is 12.0. The molecule has 0 saturated carbocycles. The second-order valence-corrected chi connectivity index (χ2v) is 38.1. The fourth-order valence-electron chi connectivity index (χ4n) is 19.1. The van der Waals surface area contributed by atoms with Gasteiger partial charge in [-0.1, -0.05) is 230 Å². The van der Waals surface area contributed by atoms with E-state index in [-0.39, 0.29) is 5.41 Å². The van der Waals surface area contributed by atoms with Crippen molar-refractivity contribution in [3.8, 4) is 123 Å². The van der Waals surface area contributed by atoms with Gasteiger partial charge in [-0.3, -0.25) is 0 Å². The maximum atomic E-state index is 2.37. The Hall–Kier alpha value is -12.8. The molecule has 0 atom stereocenters. The highest BCUT2D eigenvalue weighted by molar-refractivity contribution is 5.86. The molecule has 5 nitrogen and oxygen atoms in total. The number of aromatic nitrogens is 5. The molecule has 0 radical (unpaired) electrons. The van der Waals surface area contributed by atoms with Gasteiger partial charge in [-0.25, -0.2) is 22.8 Å². The van der Waals surface area contributed by atoms with Gasteiger partial charge in [-0.15, -0.1) is 0 Å². The van der Waals surface area contributed by atoms with Gasteiger partial charge in [0.1, 0.15) is 35.2 Å². The molecule has 11 aromatic carbocycles. The first-order chi connectivity index (χ1) is 61.4. The molecule has 0 spiro atoms. The Kier molecular flexibility index (Phi) is 30.7. The maximum Gasteiger partial charge on any atom is 0.213 e. The summed E-state index contributed by atoms with van der Waals surface area (Å²) in [7, 11) is 10.7. The third-order valence-corrected chi connectivity index (χ3v) is 26.3. The monoisotopic (exact) mass is 1700 g/mol. The first kappa shape index (κ1) is 95.3. The average molecular weight is 1700 g/mol. The van der Waals surface area contributed by atoms with Gasteiger partial charge < -0.3 is 0 Å². The number of hydrogen-bond acceptors (Lipinski definition) is 0. The Balaban J connectivity index is 0.000000146. The van der Waals surface area contributed by atoms with Gasteiger partial charge in [0, 0.05) is 88.0 Å². The molecule has 656 valence electrons. The van der Waals surface area contributed by atoms with Crippen molar-refractivity contribution in [3.05, 3.63) is 409 Å². The fraction of sp³-hybridized carbons (Fsp3) is 0.266. The van der Waals surface area contributed by atoms with E-state index in [1.807, 2.05) is 0 Å². The van der Waals surface area contributed by atoms with Crippen molar-refractivity contribution < 1.29 is 22.8 Å². The van der Waals surface area contributed by atoms with Crippen molar-refractivity contribution in [2.24, 2.45) is 40.7 Å². The Bertz CT molecular complexity index is 6750. The van der Waals surface area contributed by atoms with Crippen molar-refractivity contribution in [1.29, 1.82) is 0 Å². The lowest BCUT2D eigenvalue weighted by Gasteiger charge is -2.19. The normalized spacial score (nSPS) is 11.2. The predicted octanol–water partition coefficient (Wildman–Crippen LogP) is 30.0. The summed E-state index contributed by atoms with van der Waals surface area (Å²) in [6.45, 7) is 53.6. The number of benzene rings is 11. The van der Waals surface area contributed by atoms with Gasteiger partial charge in [-0.05, 0) is 344 Å². The van der Waals surface area contributed by atoms with Crippen molar-refractivity contribution in [1.82, 2.24) is 0 Å². The van der Waals surface area contributed by atoms with Crippen molar-refractivity contribution in [2.45, 2.75) is 184 Å². The number of pyridine rings is 5. The van der Waals surface area contributed by atoms with E-state index in [1.54, 1.807) is 0 Å². The summed E-state index contributed by atoms with van der Waals surface area (Å²) in [4.78, 5) is 0. The molecule has 0 aliphatic rings. The van der Waals surface area contributed by atoms with E-state index < -0.39 is 0 Å². The summed E-state index contributed by atoms with van der Waals surface area (Å²) in [5.74, 6) is 1.05. The van der Waals surface area contributed by atoms with Gasteiger partial charge in [-0.2, -0.15) is 0 Å². The van der Waals surface area contributed by atoms with Crippen LogP contribution in [-0.4, -0.2) is 0 Å². The predicted molar refractivity (Wildman–Crippen MR) is 550 cm³/mol. The van der Waals surface area contributed by atoms with Gasteiger partial charge in [0.25, 0.3) is 0 Å². The summed E-state index contributed by atoms with van der Waals surface area (Å²) in [6, 6.07) is 97.0. The van der Waals surface area contributed by atoms with E-state index >= 15 is 0 Å². The van der Waals surface area contributed by atoms with Crippen molar-refractivity contribution in [3.63, 3.8) is 0 Å².